The molecule has 0 aliphatic rings. The first-order valence-electron chi connectivity index (χ1n) is 6.62. The van der Waals surface area contributed by atoms with E-state index in [1.807, 2.05) is 56.3 Å². The molecule has 2 aromatic rings. The van der Waals surface area contributed by atoms with Crippen molar-refractivity contribution in [2.45, 2.75) is 20.3 Å². The van der Waals surface area contributed by atoms with E-state index in [4.69, 9.17) is 4.74 Å². The highest BCUT2D eigenvalue weighted by Gasteiger charge is 2.02. The lowest BCUT2D eigenvalue weighted by molar-refractivity contribution is -0.123. The molecule has 4 heteroatoms. The van der Waals surface area contributed by atoms with Crippen LogP contribution >= 0.6 is 0 Å². The minimum atomic E-state index is -0.258. The molecule has 0 unspecified atom stereocenters. The van der Waals surface area contributed by atoms with Crippen LogP contribution in [0.1, 0.15) is 20.3 Å². The summed E-state index contributed by atoms with van der Waals surface area (Å²) in [6.45, 7) is 3.81. The Balaban J connectivity index is 1.94. The molecule has 1 N–H and O–H groups in total. The highest BCUT2D eigenvalue weighted by atomic mass is 16.5. The molecule has 0 spiro atoms. The molecular formula is C16H18N2O2. The number of hydrogen-bond acceptors (Lipinski definition) is 3. The second kappa shape index (κ2) is 6.70. The van der Waals surface area contributed by atoms with Gasteiger partial charge in [0.05, 0.1) is 0 Å². The fraction of sp³-hybridized carbons (Fsp3) is 0.250. The zero-order valence-corrected chi connectivity index (χ0v) is 11.7. The van der Waals surface area contributed by atoms with E-state index in [-0.39, 0.29) is 12.5 Å². The standard InChI is InChI=1S/C16H18N2O2/c1-3-12(2)17-18-16(19)11-20-15-9-8-13-6-4-5-7-14(13)10-15/h4-10H,3,11H2,1-2H3,(H,18,19)/b17-12+. The SMILES string of the molecule is CC/C(C)=N/NC(=O)COc1ccc2ccccc2c1. The number of rotatable bonds is 5. The van der Waals surface area contributed by atoms with Crippen molar-refractivity contribution >= 4 is 22.4 Å². The third-order valence-electron chi connectivity index (χ3n) is 2.97. The first-order chi connectivity index (χ1) is 9.69. The normalized spacial score (nSPS) is 11.4. The second-order valence-electron chi connectivity index (χ2n) is 4.53. The molecule has 0 aliphatic carbocycles. The van der Waals surface area contributed by atoms with Crippen LogP contribution in [-0.4, -0.2) is 18.2 Å². The number of hydrogen-bond donors (Lipinski definition) is 1. The summed E-state index contributed by atoms with van der Waals surface area (Å²) in [7, 11) is 0. The van der Waals surface area contributed by atoms with Crippen molar-refractivity contribution in [3.63, 3.8) is 0 Å². The smallest absolute Gasteiger partial charge is 0.277 e. The van der Waals surface area contributed by atoms with E-state index in [1.165, 1.54) is 0 Å². The largest absolute Gasteiger partial charge is 0.484 e. The van der Waals surface area contributed by atoms with Gasteiger partial charge in [0.2, 0.25) is 0 Å². The summed E-state index contributed by atoms with van der Waals surface area (Å²) in [5.41, 5.74) is 3.34. The molecule has 4 nitrogen and oxygen atoms in total. The van der Waals surface area contributed by atoms with Crippen LogP contribution in [0, 0.1) is 0 Å². The third-order valence-corrected chi connectivity index (χ3v) is 2.97. The predicted molar refractivity (Wildman–Crippen MR) is 81.0 cm³/mol. The molecule has 0 saturated heterocycles. The number of benzene rings is 2. The van der Waals surface area contributed by atoms with E-state index in [0.717, 1.165) is 22.9 Å². The molecule has 0 atom stereocenters. The average molecular weight is 270 g/mol. The maximum Gasteiger partial charge on any atom is 0.277 e. The quantitative estimate of drug-likeness (QED) is 0.670. The van der Waals surface area contributed by atoms with Gasteiger partial charge < -0.3 is 4.74 Å². The Kier molecular flexibility index (Phi) is 4.71. The van der Waals surface area contributed by atoms with Crippen molar-refractivity contribution in [1.29, 1.82) is 0 Å². The lowest BCUT2D eigenvalue weighted by Crippen LogP contribution is -2.25. The van der Waals surface area contributed by atoms with Gasteiger partial charge in [0.25, 0.3) is 5.91 Å². The Hall–Kier alpha value is -2.36. The van der Waals surface area contributed by atoms with Gasteiger partial charge in [0, 0.05) is 5.71 Å². The van der Waals surface area contributed by atoms with Crippen LogP contribution in [-0.2, 0) is 4.79 Å². The Bertz CT molecular complexity index is 635. The molecule has 0 aliphatic heterocycles. The van der Waals surface area contributed by atoms with E-state index >= 15 is 0 Å². The summed E-state index contributed by atoms with van der Waals surface area (Å²) in [6, 6.07) is 13.8. The van der Waals surface area contributed by atoms with Crippen LogP contribution in [0.4, 0.5) is 0 Å². The summed E-state index contributed by atoms with van der Waals surface area (Å²) in [4.78, 5) is 11.6. The molecule has 0 heterocycles. The number of nitrogens with one attached hydrogen (secondary N) is 1. The minimum absolute atomic E-state index is 0.0428. The molecule has 1 amide bonds. The van der Waals surface area contributed by atoms with Crippen molar-refractivity contribution in [1.82, 2.24) is 5.43 Å². The van der Waals surface area contributed by atoms with E-state index in [9.17, 15) is 4.79 Å². The van der Waals surface area contributed by atoms with Gasteiger partial charge in [-0.3, -0.25) is 4.79 Å². The van der Waals surface area contributed by atoms with Crippen molar-refractivity contribution in [3.8, 4) is 5.75 Å². The van der Waals surface area contributed by atoms with Crippen LogP contribution in [0.5, 0.6) is 5.75 Å². The van der Waals surface area contributed by atoms with Crippen molar-refractivity contribution in [3.05, 3.63) is 42.5 Å². The first kappa shape index (κ1) is 14.1. The van der Waals surface area contributed by atoms with E-state index in [1.54, 1.807) is 0 Å². The zero-order chi connectivity index (χ0) is 14.4. The fourth-order valence-corrected chi connectivity index (χ4v) is 1.68. The van der Waals surface area contributed by atoms with Gasteiger partial charge in [-0.2, -0.15) is 5.10 Å². The first-order valence-corrected chi connectivity index (χ1v) is 6.62. The number of fused-ring (bicyclic) bond motifs is 1. The van der Waals surface area contributed by atoms with Crippen molar-refractivity contribution in [2.24, 2.45) is 5.10 Å². The number of amides is 1. The Labute approximate surface area is 118 Å². The topological polar surface area (TPSA) is 50.7 Å². The highest BCUT2D eigenvalue weighted by Crippen LogP contribution is 2.20. The van der Waals surface area contributed by atoms with Gasteiger partial charge in [0.15, 0.2) is 6.61 Å². The summed E-state index contributed by atoms with van der Waals surface area (Å²) in [5.74, 6) is 0.418. The summed E-state index contributed by atoms with van der Waals surface area (Å²) in [6.07, 6.45) is 0.811. The number of ether oxygens (including phenoxy) is 1. The summed E-state index contributed by atoms with van der Waals surface area (Å²) < 4.78 is 5.46. The molecule has 20 heavy (non-hydrogen) atoms. The second-order valence-corrected chi connectivity index (χ2v) is 4.53. The molecule has 2 rings (SSSR count). The van der Waals surface area contributed by atoms with Gasteiger partial charge in [-0.1, -0.05) is 37.3 Å². The Morgan fingerprint density at radius 3 is 2.70 bits per heavy atom. The lowest BCUT2D eigenvalue weighted by Gasteiger charge is -2.06. The number of hydrazone groups is 1. The zero-order valence-electron chi connectivity index (χ0n) is 11.7. The molecule has 0 saturated carbocycles. The summed E-state index contributed by atoms with van der Waals surface area (Å²) in [5, 5.41) is 6.18. The minimum Gasteiger partial charge on any atom is -0.484 e. The molecule has 0 radical (unpaired) electrons. The third kappa shape index (κ3) is 3.82. The van der Waals surface area contributed by atoms with E-state index < -0.39 is 0 Å². The van der Waals surface area contributed by atoms with Crippen LogP contribution in [0.25, 0.3) is 10.8 Å². The van der Waals surface area contributed by atoms with Crippen LogP contribution in [0.2, 0.25) is 0 Å². The number of nitrogens with zero attached hydrogens (tertiary/aromatic N) is 1. The van der Waals surface area contributed by atoms with Crippen molar-refractivity contribution in [2.75, 3.05) is 6.61 Å². The fourth-order valence-electron chi connectivity index (χ4n) is 1.68. The van der Waals surface area contributed by atoms with Gasteiger partial charge in [-0.15, -0.1) is 0 Å². The number of carbonyl (C=O) groups is 1. The Morgan fingerprint density at radius 2 is 1.95 bits per heavy atom. The maximum absolute atomic E-state index is 11.6. The molecule has 0 bridgehead atoms. The number of carbonyl (C=O) groups excluding carboxylic acids is 1. The van der Waals surface area contributed by atoms with Gasteiger partial charge in [0.1, 0.15) is 5.75 Å². The molecule has 0 aromatic heterocycles. The summed E-state index contributed by atoms with van der Waals surface area (Å²) >= 11 is 0. The molecule has 2 aromatic carbocycles. The van der Waals surface area contributed by atoms with Gasteiger partial charge in [-0.25, -0.2) is 5.43 Å². The van der Waals surface area contributed by atoms with E-state index in [0.29, 0.717) is 5.75 Å². The average Bonchev–Trinajstić information content (AvgIpc) is 2.50. The van der Waals surface area contributed by atoms with Crippen LogP contribution < -0.4 is 10.2 Å². The lowest BCUT2D eigenvalue weighted by atomic mass is 10.1. The molecule has 0 fully saturated rings. The van der Waals surface area contributed by atoms with Crippen LogP contribution in [0.3, 0.4) is 0 Å². The van der Waals surface area contributed by atoms with Gasteiger partial charge >= 0.3 is 0 Å². The van der Waals surface area contributed by atoms with Gasteiger partial charge in [-0.05, 0) is 36.2 Å². The maximum atomic E-state index is 11.6. The van der Waals surface area contributed by atoms with Crippen molar-refractivity contribution < 1.29 is 9.53 Å². The van der Waals surface area contributed by atoms with Crippen LogP contribution in [0.15, 0.2) is 47.6 Å². The monoisotopic (exact) mass is 270 g/mol. The Morgan fingerprint density at radius 1 is 1.20 bits per heavy atom. The molecular weight excluding hydrogens is 252 g/mol. The predicted octanol–water partition coefficient (Wildman–Crippen LogP) is 3.12. The van der Waals surface area contributed by atoms with E-state index in [2.05, 4.69) is 10.5 Å². The highest BCUT2D eigenvalue weighted by molar-refractivity contribution is 5.85. The molecule has 104 valence electrons.